The van der Waals surface area contributed by atoms with Crippen LogP contribution >= 0.6 is 0 Å². The van der Waals surface area contributed by atoms with Crippen LogP contribution in [0.25, 0.3) is 6.08 Å². The lowest BCUT2D eigenvalue weighted by Gasteiger charge is -2.28. The van der Waals surface area contributed by atoms with Gasteiger partial charge in [-0.15, -0.1) is 0 Å². The lowest BCUT2D eigenvalue weighted by atomic mass is 10.2. The monoisotopic (exact) mass is 381 g/mol. The predicted molar refractivity (Wildman–Crippen MR) is 105 cm³/mol. The van der Waals surface area contributed by atoms with Gasteiger partial charge in [-0.2, -0.15) is 0 Å². The zero-order chi connectivity index (χ0) is 19.3. The van der Waals surface area contributed by atoms with Crippen molar-refractivity contribution in [2.24, 2.45) is 0 Å². The summed E-state index contributed by atoms with van der Waals surface area (Å²) in [6, 6.07) is 8.20. The topological polar surface area (TPSA) is 66.0 Å². The van der Waals surface area contributed by atoms with E-state index in [9.17, 15) is 4.79 Å². The molecule has 1 rings (SSSR count). The molecule has 0 aliphatic heterocycles. The first-order valence-electron chi connectivity index (χ1n) is 9.11. The summed E-state index contributed by atoms with van der Waals surface area (Å²) < 4.78 is 22.5. The van der Waals surface area contributed by atoms with Crippen molar-refractivity contribution in [3.05, 3.63) is 35.9 Å². The molecule has 0 aliphatic carbocycles. The number of carbonyl (C=O) groups is 1. The van der Waals surface area contributed by atoms with Gasteiger partial charge in [-0.3, -0.25) is 4.79 Å². The number of methoxy groups -OCH3 is 1. The van der Waals surface area contributed by atoms with Crippen molar-refractivity contribution >= 4 is 20.8 Å². The summed E-state index contributed by atoms with van der Waals surface area (Å²) in [7, 11) is -1.01. The number of hydrogen-bond acceptors (Lipinski definition) is 5. The normalized spacial score (nSPS) is 11.7. The second kappa shape index (κ2) is 12.6. The summed E-state index contributed by atoms with van der Waals surface area (Å²) >= 11 is 0. The van der Waals surface area contributed by atoms with Crippen LogP contribution in [-0.2, 0) is 18.1 Å². The van der Waals surface area contributed by atoms with Crippen LogP contribution in [0.5, 0.6) is 5.75 Å². The molecule has 1 aromatic carbocycles. The Balaban J connectivity index is 2.42. The molecule has 0 atom stereocenters. The zero-order valence-electron chi connectivity index (χ0n) is 16.2. The third kappa shape index (κ3) is 8.14. The Labute approximate surface area is 157 Å². The van der Waals surface area contributed by atoms with E-state index in [4.69, 9.17) is 18.0 Å². The highest BCUT2D eigenvalue weighted by molar-refractivity contribution is 6.60. The molecule has 0 spiro atoms. The minimum Gasteiger partial charge on any atom is -0.497 e. The molecular formula is C19H31NO5Si. The van der Waals surface area contributed by atoms with E-state index in [0.29, 0.717) is 32.4 Å². The Morgan fingerprint density at radius 1 is 1.04 bits per heavy atom. The van der Waals surface area contributed by atoms with Crippen LogP contribution in [0.4, 0.5) is 0 Å². The van der Waals surface area contributed by atoms with Crippen molar-refractivity contribution < 1.29 is 22.8 Å². The molecule has 0 bridgehead atoms. The molecule has 146 valence electrons. The molecule has 0 saturated carbocycles. The van der Waals surface area contributed by atoms with Gasteiger partial charge in [-0.25, -0.2) is 0 Å². The minimum atomic E-state index is -2.63. The summed E-state index contributed by atoms with van der Waals surface area (Å²) in [5.74, 6) is 0.662. The first-order valence-corrected chi connectivity index (χ1v) is 11.0. The number of ether oxygens (including phenoxy) is 1. The van der Waals surface area contributed by atoms with Crippen molar-refractivity contribution in [2.75, 3.05) is 33.5 Å². The second-order valence-electron chi connectivity index (χ2n) is 5.48. The van der Waals surface area contributed by atoms with Crippen molar-refractivity contribution in [2.45, 2.75) is 33.2 Å². The van der Waals surface area contributed by atoms with Crippen LogP contribution in [0, 0.1) is 0 Å². The average molecular weight is 382 g/mol. The number of rotatable bonds is 13. The van der Waals surface area contributed by atoms with Crippen molar-refractivity contribution in [3.8, 4) is 5.75 Å². The summed E-state index contributed by atoms with van der Waals surface area (Å²) in [4.78, 5) is 11.9. The largest absolute Gasteiger partial charge is 0.500 e. The highest BCUT2D eigenvalue weighted by Gasteiger charge is 2.39. The smallest absolute Gasteiger partial charge is 0.497 e. The van der Waals surface area contributed by atoms with Gasteiger partial charge < -0.3 is 23.3 Å². The average Bonchev–Trinajstić information content (AvgIpc) is 2.65. The van der Waals surface area contributed by atoms with E-state index in [2.05, 4.69) is 5.32 Å². The molecule has 1 aromatic rings. The maximum atomic E-state index is 11.9. The summed E-state index contributed by atoms with van der Waals surface area (Å²) in [6.07, 6.45) is 4.04. The standard InChI is InChI=1S/C19H31NO5Si/c1-5-23-26(24-6-2,25-7-3)16-8-15-20-19(21)14-11-17-9-12-18(22-4)13-10-17/h9-14H,5-8,15-16H2,1-4H3,(H,20,21). The Bertz CT molecular complexity index is 530. The maximum absolute atomic E-state index is 11.9. The van der Waals surface area contributed by atoms with E-state index in [0.717, 1.165) is 17.7 Å². The second-order valence-corrected chi connectivity index (χ2v) is 8.22. The molecule has 0 saturated heterocycles. The van der Waals surface area contributed by atoms with Gasteiger partial charge in [-0.05, 0) is 51.0 Å². The molecule has 7 heteroatoms. The fourth-order valence-corrected chi connectivity index (χ4v) is 5.08. The highest BCUT2D eigenvalue weighted by Crippen LogP contribution is 2.17. The Morgan fingerprint density at radius 2 is 1.62 bits per heavy atom. The molecule has 6 nitrogen and oxygen atoms in total. The molecule has 1 amide bonds. The van der Waals surface area contributed by atoms with E-state index < -0.39 is 8.80 Å². The number of nitrogens with one attached hydrogen (secondary N) is 1. The summed E-state index contributed by atoms with van der Waals surface area (Å²) in [5, 5.41) is 2.88. The van der Waals surface area contributed by atoms with Crippen LogP contribution < -0.4 is 10.1 Å². The number of hydrogen-bond donors (Lipinski definition) is 1. The molecule has 0 radical (unpaired) electrons. The van der Waals surface area contributed by atoms with Gasteiger partial charge in [0.15, 0.2) is 0 Å². The van der Waals surface area contributed by atoms with Crippen molar-refractivity contribution in [3.63, 3.8) is 0 Å². The molecule has 1 N–H and O–H groups in total. The summed E-state index contributed by atoms with van der Waals surface area (Å²) in [5.41, 5.74) is 0.941. The summed E-state index contributed by atoms with van der Waals surface area (Å²) in [6.45, 7) is 8.03. The van der Waals surface area contributed by atoms with Gasteiger partial charge in [0, 0.05) is 38.5 Å². The van der Waals surface area contributed by atoms with E-state index in [-0.39, 0.29) is 5.91 Å². The minimum absolute atomic E-state index is 0.127. The molecular weight excluding hydrogens is 350 g/mol. The van der Waals surface area contributed by atoms with Gasteiger partial charge in [-0.1, -0.05) is 12.1 Å². The Morgan fingerprint density at radius 3 is 2.12 bits per heavy atom. The Kier molecular flexibility index (Phi) is 10.9. The van der Waals surface area contributed by atoms with Crippen LogP contribution in [-0.4, -0.2) is 48.2 Å². The molecule has 0 aliphatic rings. The maximum Gasteiger partial charge on any atom is 0.500 e. The van der Waals surface area contributed by atoms with E-state index >= 15 is 0 Å². The van der Waals surface area contributed by atoms with E-state index in [1.54, 1.807) is 13.2 Å². The van der Waals surface area contributed by atoms with Gasteiger partial charge in [0.2, 0.25) is 5.91 Å². The van der Waals surface area contributed by atoms with Crippen LogP contribution in [0.2, 0.25) is 6.04 Å². The molecule has 26 heavy (non-hydrogen) atoms. The van der Waals surface area contributed by atoms with E-state index in [1.165, 1.54) is 6.08 Å². The van der Waals surface area contributed by atoms with E-state index in [1.807, 2.05) is 45.0 Å². The number of amides is 1. The number of carbonyl (C=O) groups excluding carboxylic acids is 1. The fraction of sp³-hybridized carbons (Fsp3) is 0.526. The van der Waals surface area contributed by atoms with Crippen LogP contribution in [0.3, 0.4) is 0 Å². The molecule has 0 aromatic heterocycles. The highest BCUT2D eigenvalue weighted by atomic mass is 28.4. The molecule has 0 heterocycles. The zero-order valence-corrected chi connectivity index (χ0v) is 17.2. The third-order valence-corrected chi connectivity index (χ3v) is 6.75. The van der Waals surface area contributed by atoms with Crippen LogP contribution in [0.1, 0.15) is 32.8 Å². The van der Waals surface area contributed by atoms with Crippen molar-refractivity contribution in [1.29, 1.82) is 0 Å². The first kappa shape index (κ1) is 22.4. The lowest BCUT2D eigenvalue weighted by molar-refractivity contribution is -0.116. The van der Waals surface area contributed by atoms with Gasteiger partial charge in [0.1, 0.15) is 5.75 Å². The first-order chi connectivity index (χ1) is 12.6. The quantitative estimate of drug-likeness (QED) is 0.323. The predicted octanol–water partition coefficient (Wildman–Crippen LogP) is 3.26. The Hall–Kier alpha value is -1.67. The van der Waals surface area contributed by atoms with Crippen molar-refractivity contribution in [1.82, 2.24) is 5.32 Å². The molecule has 0 unspecified atom stereocenters. The van der Waals surface area contributed by atoms with Gasteiger partial charge in [0.05, 0.1) is 7.11 Å². The molecule has 0 fully saturated rings. The van der Waals surface area contributed by atoms with Crippen LogP contribution in [0.15, 0.2) is 30.3 Å². The SMILES string of the molecule is CCO[Si](CCCNC(=O)C=Cc1ccc(OC)cc1)(OCC)OCC. The third-order valence-electron chi connectivity index (χ3n) is 3.59. The van der Waals surface area contributed by atoms with Gasteiger partial charge >= 0.3 is 8.80 Å². The van der Waals surface area contributed by atoms with Gasteiger partial charge in [0.25, 0.3) is 0 Å². The number of benzene rings is 1. The fourth-order valence-electron chi connectivity index (χ4n) is 2.46. The lowest BCUT2D eigenvalue weighted by Crippen LogP contribution is -2.46.